The Hall–Kier alpha value is -1.92. The Morgan fingerprint density at radius 3 is 2.74 bits per heavy atom. The first-order valence-corrected chi connectivity index (χ1v) is 5.69. The molecule has 0 aromatic heterocycles. The lowest BCUT2D eigenvalue weighted by Crippen LogP contribution is -2.26. The van der Waals surface area contributed by atoms with Crippen LogP contribution in [0.2, 0.25) is 0 Å². The number of hydrogen-bond acceptors (Lipinski definition) is 2. The van der Waals surface area contributed by atoms with Gasteiger partial charge in [-0.3, -0.25) is 0 Å². The molecule has 0 spiro atoms. The summed E-state index contributed by atoms with van der Waals surface area (Å²) in [6.07, 6.45) is -5.13. The van der Waals surface area contributed by atoms with Gasteiger partial charge in [-0.05, 0) is 24.1 Å². The van der Waals surface area contributed by atoms with Crippen molar-refractivity contribution in [1.82, 2.24) is 4.90 Å². The zero-order valence-electron chi connectivity index (χ0n) is 9.85. The number of alkyl halides is 3. The van der Waals surface area contributed by atoms with E-state index in [-0.39, 0.29) is 11.7 Å². The second-order valence-electron chi connectivity index (χ2n) is 4.33. The molecule has 1 amide bonds. The number of nitrogens with zero attached hydrogens (tertiary/aromatic N) is 1. The summed E-state index contributed by atoms with van der Waals surface area (Å²) in [6.45, 7) is 0.690. The van der Waals surface area contributed by atoms with Crippen LogP contribution in [0.4, 0.5) is 18.0 Å². The van der Waals surface area contributed by atoms with Crippen molar-refractivity contribution in [2.24, 2.45) is 0 Å². The van der Waals surface area contributed by atoms with Crippen LogP contribution in [0.3, 0.4) is 0 Å². The molecule has 1 saturated heterocycles. The first-order chi connectivity index (χ1) is 8.85. The highest BCUT2D eigenvalue weighted by atomic mass is 19.4. The molecule has 0 radical (unpaired) electrons. The standard InChI is InChI=1S/C12H12F3NO3/c13-12(14,15)19-10-3-1-2-8(6-10)9-4-5-16(7-9)11(17)18/h1-3,6,9H,4-5,7H2,(H,17,18)/t9-/m1/s1. The Bertz CT molecular complexity index is 476. The van der Waals surface area contributed by atoms with Gasteiger partial charge in [-0.15, -0.1) is 13.2 Å². The summed E-state index contributed by atoms with van der Waals surface area (Å²) in [5.74, 6) is -0.369. The fraction of sp³-hybridized carbons (Fsp3) is 0.417. The lowest BCUT2D eigenvalue weighted by Gasteiger charge is -2.14. The molecule has 0 bridgehead atoms. The molecule has 7 heteroatoms. The van der Waals surface area contributed by atoms with E-state index in [0.717, 1.165) is 0 Å². The predicted molar refractivity (Wildman–Crippen MR) is 60.1 cm³/mol. The smallest absolute Gasteiger partial charge is 0.465 e. The maximum absolute atomic E-state index is 12.1. The first-order valence-electron chi connectivity index (χ1n) is 5.69. The minimum Gasteiger partial charge on any atom is -0.465 e. The largest absolute Gasteiger partial charge is 0.573 e. The molecule has 1 N–H and O–H groups in total. The van der Waals surface area contributed by atoms with Crippen molar-refractivity contribution in [1.29, 1.82) is 0 Å². The molecule has 2 rings (SSSR count). The lowest BCUT2D eigenvalue weighted by atomic mass is 9.98. The molecule has 1 aromatic rings. The van der Waals surface area contributed by atoms with E-state index >= 15 is 0 Å². The molecule has 1 fully saturated rings. The van der Waals surface area contributed by atoms with Gasteiger partial charge in [0.1, 0.15) is 5.75 Å². The summed E-state index contributed by atoms with van der Waals surface area (Å²) in [4.78, 5) is 12.0. The molecular formula is C12H12F3NO3. The van der Waals surface area contributed by atoms with Crippen molar-refractivity contribution < 1.29 is 27.8 Å². The van der Waals surface area contributed by atoms with Gasteiger partial charge in [0, 0.05) is 19.0 Å². The molecule has 19 heavy (non-hydrogen) atoms. The van der Waals surface area contributed by atoms with E-state index < -0.39 is 12.5 Å². The van der Waals surface area contributed by atoms with Crippen LogP contribution in [-0.4, -0.2) is 35.6 Å². The zero-order chi connectivity index (χ0) is 14.0. The number of benzene rings is 1. The Morgan fingerprint density at radius 1 is 1.42 bits per heavy atom. The molecule has 4 nitrogen and oxygen atoms in total. The van der Waals surface area contributed by atoms with E-state index in [1.54, 1.807) is 6.07 Å². The first kappa shape index (κ1) is 13.5. The number of amides is 1. The van der Waals surface area contributed by atoms with Crippen LogP contribution in [0, 0.1) is 0 Å². The Balaban J connectivity index is 2.09. The van der Waals surface area contributed by atoms with Crippen LogP contribution in [0.15, 0.2) is 24.3 Å². The maximum Gasteiger partial charge on any atom is 0.573 e. The van der Waals surface area contributed by atoms with Gasteiger partial charge in [0.05, 0.1) is 0 Å². The summed E-state index contributed by atoms with van der Waals surface area (Å²) < 4.78 is 40.2. The lowest BCUT2D eigenvalue weighted by molar-refractivity contribution is -0.274. The van der Waals surface area contributed by atoms with Gasteiger partial charge < -0.3 is 14.7 Å². The third-order valence-corrected chi connectivity index (χ3v) is 3.02. The number of carboxylic acid groups (broad SMARTS) is 1. The van der Waals surface area contributed by atoms with E-state index in [4.69, 9.17) is 5.11 Å². The molecule has 0 aliphatic carbocycles. The monoisotopic (exact) mass is 275 g/mol. The molecular weight excluding hydrogens is 263 g/mol. The molecule has 1 heterocycles. The molecule has 1 aliphatic rings. The van der Waals surface area contributed by atoms with Crippen molar-refractivity contribution in [3.05, 3.63) is 29.8 Å². The van der Waals surface area contributed by atoms with Crippen molar-refractivity contribution in [3.63, 3.8) is 0 Å². The van der Waals surface area contributed by atoms with E-state index in [9.17, 15) is 18.0 Å². The summed E-state index contributed by atoms with van der Waals surface area (Å²) in [5, 5.41) is 8.84. The summed E-state index contributed by atoms with van der Waals surface area (Å²) in [5.41, 5.74) is 0.658. The number of carbonyl (C=O) groups is 1. The molecule has 1 aromatic carbocycles. The molecule has 1 aliphatic heterocycles. The van der Waals surface area contributed by atoms with Crippen LogP contribution in [0.5, 0.6) is 5.75 Å². The van der Waals surface area contributed by atoms with Gasteiger partial charge in [0.25, 0.3) is 0 Å². The summed E-state index contributed by atoms with van der Waals surface area (Å²) >= 11 is 0. The topological polar surface area (TPSA) is 49.8 Å². The van der Waals surface area contributed by atoms with Crippen molar-refractivity contribution in [2.75, 3.05) is 13.1 Å². The van der Waals surface area contributed by atoms with Gasteiger partial charge in [0.2, 0.25) is 0 Å². The van der Waals surface area contributed by atoms with Gasteiger partial charge in [-0.2, -0.15) is 0 Å². The summed E-state index contributed by atoms with van der Waals surface area (Å²) in [7, 11) is 0. The van der Waals surface area contributed by atoms with Crippen LogP contribution >= 0.6 is 0 Å². The molecule has 0 unspecified atom stereocenters. The zero-order valence-corrected chi connectivity index (χ0v) is 9.85. The van der Waals surface area contributed by atoms with Gasteiger partial charge >= 0.3 is 12.5 Å². The fourth-order valence-corrected chi connectivity index (χ4v) is 2.17. The number of hydrogen-bond donors (Lipinski definition) is 1. The molecule has 0 saturated carbocycles. The van der Waals surface area contributed by atoms with Crippen molar-refractivity contribution in [2.45, 2.75) is 18.7 Å². The highest BCUT2D eigenvalue weighted by molar-refractivity contribution is 5.65. The second kappa shape index (κ2) is 4.99. The van der Waals surface area contributed by atoms with Crippen LogP contribution in [0.25, 0.3) is 0 Å². The van der Waals surface area contributed by atoms with Gasteiger partial charge in [-0.25, -0.2) is 4.79 Å². The van der Waals surface area contributed by atoms with E-state index in [1.165, 1.54) is 23.1 Å². The van der Waals surface area contributed by atoms with Crippen LogP contribution < -0.4 is 4.74 Å². The average molecular weight is 275 g/mol. The van der Waals surface area contributed by atoms with Crippen LogP contribution in [0.1, 0.15) is 17.9 Å². The predicted octanol–water partition coefficient (Wildman–Crippen LogP) is 3.05. The van der Waals surface area contributed by atoms with Gasteiger partial charge in [0.15, 0.2) is 0 Å². The highest BCUT2D eigenvalue weighted by Gasteiger charge is 2.32. The second-order valence-corrected chi connectivity index (χ2v) is 4.33. The SMILES string of the molecule is O=C(O)N1CC[C@@H](c2cccc(OC(F)(F)F)c2)C1. The average Bonchev–Trinajstić information content (AvgIpc) is 2.76. The van der Waals surface area contributed by atoms with E-state index in [0.29, 0.717) is 25.1 Å². The third-order valence-electron chi connectivity index (χ3n) is 3.02. The Labute approximate surface area is 107 Å². The number of rotatable bonds is 2. The van der Waals surface area contributed by atoms with E-state index in [1.807, 2.05) is 0 Å². The minimum absolute atomic E-state index is 0.0899. The van der Waals surface area contributed by atoms with E-state index in [2.05, 4.69) is 4.74 Å². The van der Waals surface area contributed by atoms with Crippen molar-refractivity contribution >= 4 is 6.09 Å². The number of likely N-dealkylation sites (tertiary alicyclic amines) is 1. The molecule has 1 atom stereocenters. The third kappa shape index (κ3) is 3.52. The Kier molecular flexibility index (Phi) is 3.55. The van der Waals surface area contributed by atoms with Crippen LogP contribution in [-0.2, 0) is 0 Å². The normalized spacial score (nSPS) is 19.5. The van der Waals surface area contributed by atoms with Gasteiger partial charge in [-0.1, -0.05) is 12.1 Å². The number of halogens is 3. The number of ether oxygens (including phenoxy) is 1. The highest BCUT2D eigenvalue weighted by Crippen LogP contribution is 2.31. The fourth-order valence-electron chi connectivity index (χ4n) is 2.17. The minimum atomic E-state index is -4.72. The van der Waals surface area contributed by atoms with Crippen molar-refractivity contribution in [3.8, 4) is 5.75 Å². The molecule has 104 valence electrons. The quantitative estimate of drug-likeness (QED) is 0.902. The maximum atomic E-state index is 12.1. The Morgan fingerprint density at radius 2 is 2.16 bits per heavy atom. The summed E-state index contributed by atoms with van der Waals surface area (Å²) in [6, 6.07) is 5.68.